The van der Waals surface area contributed by atoms with Crippen molar-refractivity contribution in [2.45, 2.75) is 12.7 Å². The first-order valence-corrected chi connectivity index (χ1v) is 6.39. The molecular formula is C13H10F3N3O5. The topological polar surface area (TPSA) is 103 Å². The largest absolute Gasteiger partial charge is 0.467 e. The van der Waals surface area contributed by atoms with Crippen molar-refractivity contribution in [3.05, 3.63) is 62.1 Å². The number of hydrogen-bond donors (Lipinski definition) is 0. The number of hydrogen-bond acceptors (Lipinski definition) is 6. The zero-order valence-electron chi connectivity index (χ0n) is 12.1. The minimum atomic E-state index is -5.03. The molecule has 1 aromatic heterocycles. The number of alkyl halides is 3. The molecule has 0 radical (unpaired) electrons. The maximum Gasteiger partial charge on any atom is 0.423 e. The zero-order valence-corrected chi connectivity index (χ0v) is 12.1. The van der Waals surface area contributed by atoms with Gasteiger partial charge >= 0.3 is 11.9 Å². The van der Waals surface area contributed by atoms with Gasteiger partial charge in [0.15, 0.2) is 5.69 Å². The highest BCUT2D eigenvalue weighted by Gasteiger charge is 2.43. The molecule has 0 aliphatic heterocycles. The van der Waals surface area contributed by atoms with E-state index in [0.29, 0.717) is 12.1 Å². The van der Waals surface area contributed by atoms with Gasteiger partial charge in [-0.2, -0.15) is 13.2 Å². The van der Waals surface area contributed by atoms with Crippen molar-refractivity contribution >= 4 is 17.1 Å². The van der Waals surface area contributed by atoms with Crippen molar-refractivity contribution in [3.63, 3.8) is 0 Å². The normalized spacial score (nSPS) is 11.3. The van der Waals surface area contributed by atoms with Crippen LogP contribution in [-0.2, 0) is 12.7 Å². The highest BCUT2D eigenvalue weighted by molar-refractivity contribution is 5.77. The quantitative estimate of drug-likeness (QED) is 0.604. The monoisotopic (exact) mass is 345 g/mol. The van der Waals surface area contributed by atoms with Crippen LogP contribution < -0.4 is 4.90 Å². The summed E-state index contributed by atoms with van der Waals surface area (Å²) in [6.45, 7) is -0.185. The Labute approximate surface area is 132 Å². The summed E-state index contributed by atoms with van der Waals surface area (Å²) < 4.78 is 44.2. The highest BCUT2D eigenvalue weighted by Crippen LogP contribution is 2.46. The number of nitro groups is 2. The van der Waals surface area contributed by atoms with E-state index in [2.05, 4.69) is 0 Å². The van der Waals surface area contributed by atoms with Gasteiger partial charge in [-0.1, -0.05) is 0 Å². The van der Waals surface area contributed by atoms with Crippen LogP contribution in [0.15, 0.2) is 34.9 Å². The van der Waals surface area contributed by atoms with Crippen molar-refractivity contribution in [3.8, 4) is 0 Å². The molecule has 11 heteroatoms. The van der Waals surface area contributed by atoms with Crippen molar-refractivity contribution in [2.75, 3.05) is 11.9 Å². The molecule has 1 heterocycles. The third-order valence-corrected chi connectivity index (χ3v) is 3.17. The standard InChI is InChI=1S/C13H10F3N3O5/c1-17(7-8-3-2-6-24-8)12-10(18(20)21)5-4-9(13(14,15)16)11(12)19(22)23/h2-6H,7H2,1H3. The second-order valence-corrected chi connectivity index (χ2v) is 4.78. The van der Waals surface area contributed by atoms with Gasteiger partial charge in [0, 0.05) is 13.1 Å². The molecule has 0 spiro atoms. The molecule has 0 bridgehead atoms. The first kappa shape index (κ1) is 17.2. The van der Waals surface area contributed by atoms with Crippen LogP contribution in [0.4, 0.5) is 30.2 Å². The summed E-state index contributed by atoms with van der Waals surface area (Å²) in [6.07, 6.45) is -3.73. The Bertz CT molecular complexity index is 774. The molecule has 0 saturated carbocycles. The van der Waals surface area contributed by atoms with Crippen LogP contribution in [0.1, 0.15) is 11.3 Å². The molecule has 2 aromatic rings. The fourth-order valence-electron chi connectivity index (χ4n) is 2.22. The molecule has 24 heavy (non-hydrogen) atoms. The summed E-state index contributed by atoms with van der Waals surface area (Å²) in [5.74, 6) is 0.276. The van der Waals surface area contributed by atoms with E-state index >= 15 is 0 Å². The lowest BCUT2D eigenvalue weighted by Gasteiger charge is -2.19. The Morgan fingerprint density at radius 2 is 1.83 bits per heavy atom. The van der Waals surface area contributed by atoms with Crippen molar-refractivity contribution < 1.29 is 27.4 Å². The molecule has 0 aliphatic carbocycles. The molecule has 0 atom stereocenters. The predicted octanol–water partition coefficient (Wildman–Crippen LogP) is 3.75. The molecule has 0 N–H and O–H groups in total. The number of furan rings is 1. The minimum absolute atomic E-state index is 0.185. The number of nitro benzene ring substituents is 2. The molecule has 8 nitrogen and oxygen atoms in total. The van der Waals surface area contributed by atoms with E-state index in [1.165, 1.54) is 25.4 Å². The molecule has 0 aliphatic rings. The van der Waals surface area contributed by atoms with Crippen molar-refractivity contribution in [2.24, 2.45) is 0 Å². The molecule has 0 unspecified atom stereocenters. The maximum absolute atomic E-state index is 13.1. The van der Waals surface area contributed by atoms with Crippen LogP contribution in [0.2, 0.25) is 0 Å². The van der Waals surface area contributed by atoms with Gasteiger partial charge in [0.25, 0.3) is 5.69 Å². The van der Waals surface area contributed by atoms with E-state index in [1.54, 1.807) is 0 Å². The summed E-state index contributed by atoms with van der Waals surface area (Å²) in [4.78, 5) is 21.1. The molecule has 1 aromatic carbocycles. The predicted molar refractivity (Wildman–Crippen MR) is 75.6 cm³/mol. The average Bonchev–Trinajstić information content (AvgIpc) is 2.97. The van der Waals surface area contributed by atoms with Crippen LogP contribution in [0.5, 0.6) is 0 Å². The number of anilines is 1. The second-order valence-electron chi connectivity index (χ2n) is 4.78. The smallest absolute Gasteiger partial charge is 0.423 e. The molecule has 0 amide bonds. The van der Waals surface area contributed by atoms with Crippen LogP contribution in [0.25, 0.3) is 0 Å². The Morgan fingerprint density at radius 1 is 1.17 bits per heavy atom. The second kappa shape index (κ2) is 6.18. The third-order valence-electron chi connectivity index (χ3n) is 3.17. The number of rotatable bonds is 5. The lowest BCUT2D eigenvalue weighted by molar-refractivity contribution is -0.394. The Balaban J connectivity index is 2.68. The Hall–Kier alpha value is -3.11. The van der Waals surface area contributed by atoms with Crippen LogP contribution in [-0.4, -0.2) is 16.9 Å². The van der Waals surface area contributed by atoms with E-state index in [4.69, 9.17) is 4.42 Å². The van der Waals surface area contributed by atoms with E-state index in [-0.39, 0.29) is 12.3 Å². The van der Waals surface area contributed by atoms with E-state index in [0.717, 1.165) is 4.90 Å². The van der Waals surface area contributed by atoms with Gasteiger partial charge in [-0.3, -0.25) is 20.2 Å². The van der Waals surface area contributed by atoms with E-state index < -0.39 is 38.6 Å². The average molecular weight is 345 g/mol. The summed E-state index contributed by atoms with van der Waals surface area (Å²) in [5, 5.41) is 22.3. The summed E-state index contributed by atoms with van der Waals surface area (Å²) in [6, 6.07) is 3.93. The fourth-order valence-corrected chi connectivity index (χ4v) is 2.22. The minimum Gasteiger partial charge on any atom is -0.467 e. The van der Waals surface area contributed by atoms with Gasteiger partial charge in [-0.05, 0) is 18.2 Å². The van der Waals surface area contributed by atoms with Gasteiger partial charge in [0.1, 0.15) is 11.3 Å². The van der Waals surface area contributed by atoms with Crippen LogP contribution >= 0.6 is 0 Å². The van der Waals surface area contributed by atoms with Crippen LogP contribution in [0, 0.1) is 20.2 Å². The van der Waals surface area contributed by atoms with Gasteiger partial charge < -0.3 is 9.32 Å². The SMILES string of the molecule is CN(Cc1ccco1)c1c([N+](=O)[O-])ccc(C(F)(F)F)c1[N+](=O)[O-]. The van der Waals surface area contributed by atoms with E-state index in [9.17, 15) is 33.4 Å². The lowest BCUT2D eigenvalue weighted by atomic mass is 10.1. The Kier molecular flexibility index (Phi) is 4.44. The third kappa shape index (κ3) is 3.29. The van der Waals surface area contributed by atoms with Gasteiger partial charge in [-0.25, -0.2) is 0 Å². The van der Waals surface area contributed by atoms with E-state index in [1.807, 2.05) is 0 Å². The highest BCUT2D eigenvalue weighted by atomic mass is 19.4. The molecular weight excluding hydrogens is 335 g/mol. The Morgan fingerprint density at radius 3 is 2.29 bits per heavy atom. The zero-order chi connectivity index (χ0) is 18.1. The lowest BCUT2D eigenvalue weighted by Crippen LogP contribution is -2.21. The molecule has 2 rings (SSSR count). The number of nitrogens with zero attached hydrogens (tertiary/aromatic N) is 3. The van der Waals surface area contributed by atoms with Crippen LogP contribution in [0.3, 0.4) is 0 Å². The first-order valence-electron chi connectivity index (χ1n) is 6.39. The van der Waals surface area contributed by atoms with Gasteiger partial charge in [0.2, 0.25) is 0 Å². The molecule has 0 fully saturated rings. The molecule has 0 saturated heterocycles. The fraction of sp³-hybridized carbons (Fsp3) is 0.231. The van der Waals surface area contributed by atoms with Gasteiger partial charge in [0.05, 0.1) is 22.7 Å². The number of halogens is 3. The van der Waals surface area contributed by atoms with Gasteiger partial charge in [-0.15, -0.1) is 0 Å². The summed E-state index contributed by atoms with van der Waals surface area (Å²) >= 11 is 0. The first-order chi connectivity index (χ1) is 11.1. The summed E-state index contributed by atoms with van der Waals surface area (Å²) in [5.41, 5.74) is -4.47. The molecule has 128 valence electrons. The summed E-state index contributed by atoms with van der Waals surface area (Å²) in [7, 11) is 1.21. The van der Waals surface area contributed by atoms with Crippen molar-refractivity contribution in [1.82, 2.24) is 0 Å². The maximum atomic E-state index is 13.1. The van der Waals surface area contributed by atoms with Crippen molar-refractivity contribution in [1.29, 1.82) is 0 Å². The number of benzene rings is 1.